The smallest absolute Gasteiger partial charge is 0.251 e. The average Bonchev–Trinajstić information content (AvgIpc) is 2.11. The minimum Gasteiger partial charge on any atom is -0.251 e. The van der Waals surface area contributed by atoms with Crippen molar-refractivity contribution in [1.82, 2.24) is 0 Å². The van der Waals surface area contributed by atoms with Gasteiger partial charge in [0.15, 0.2) is 0 Å². The highest BCUT2D eigenvalue weighted by Crippen LogP contribution is 2.13. The van der Waals surface area contributed by atoms with E-state index in [-0.39, 0.29) is 6.42 Å². The van der Waals surface area contributed by atoms with Crippen LogP contribution in [0.3, 0.4) is 0 Å². The molecule has 0 aliphatic heterocycles. The van der Waals surface area contributed by atoms with E-state index in [0.717, 1.165) is 0 Å². The zero-order valence-electron chi connectivity index (χ0n) is 6.73. The van der Waals surface area contributed by atoms with Gasteiger partial charge < -0.3 is 0 Å². The third-order valence-electron chi connectivity index (χ3n) is 1.45. The molecule has 0 fully saturated rings. The Labute approximate surface area is 68.6 Å². The summed E-state index contributed by atoms with van der Waals surface area (Å²) in [5.74, 6) is -1.79. The lowest BCUT2D eigenvalue weighted by Crippen LogP contribution is -2.27. The van der Waals surface area contributed by atoms with Gasteiger partial charge in [-0.15, -0.1) is 0 Å². The second-order valence-corrected chi connectivity index (χ2v) is 2.46. The molecule has 0 radical (unpaired) electrons. The SMILES string of the molecule is CCCCC(F)C(F)C(=O)OF. The summed E-state index contributed by atoms with van der Waals surface area (Å²) in [6, 6.07) is 0. The Kier molecular flexibility index (Phi) is 5.49. The summed E-state index contributed by atoms with van der Waals surface area (Å²) in [7, 11) is 0. The Morgan fingerprint density at radius 3 is 2.50 bits per heavy atom. The van der Waals surface area contributed by atoms with E-state index in [4.69, 9.17) is 0 Å². The van der Waals surface area contributed by atoms with Gasteiger partial charge in [0.2, 0.25) is 6.17 Å². The van der Waals surface area contributed by atoms with E-state index in [1.165, 1.54) is 0 Å². The van der Waals surface area contributed by atoms with Crippen LogP contribution in [0.4, 0.5) is 13.3 Å². The molecule has 0 saturated heterocycles. The predicted molar refractivity (Wildman–Crippen MR) is 36.5 cm³/mol. The lowest BCUT2D eigenvalue weighted by molar-refractivity contribution is -0.192. The minimum absolute atomic E-state index is 0.0905. The zero-order valence-corrected chi connectivity index (χ0v) is 6.73. The molecule has 0 rings (SSSR count). The normalized spacial score (nSPS) is 15.3. The molecule has 0 bridgehead atoms. The van der Waals surface area contributed by atoms with Crippen LogP contribution in [-0.4, -0.2) is 18.3 Å². The van der Waals surface area contributed by atoms with E-state index in [0.29, 0.717) is 12.8 Å². The number of carbonyl (C=O) groups is 1. The molecule has 0 aliphatic rings. The van der Waals surface area contributed by atoms with Gasteiger partial charge in [-0.05, 0) is 6.42 Å². The fourth-order valence-corrected chi connectivity index (χ4v) is 0.736. The van der Waals surface area contributed by atoms with Crippen LogP contribution in [0.2, 0.25) is 0 Å². The summed E-state index contributed by atoms with van der Waals surface area (Å²) >= 11 is 0. The van der Waals surface area contributed by atoms with Gasteiger partial charge in [0.05, 0.1) is 0 Å². The summed E-state index contributed by atoms with van der Waals surface area (Å²) in [6.07, 6.45) is -3.40. The monoisotopic (exact) mass is 184 g/mol. The molecular weight excluding hydrogens is 173 g/mol. The van der Waals surface area contributed by atoms with Gasteiger partial charge in [-0.25, -0.2) is 13.6 Å². The van der Waals surface area contributed by atoms with Crippen LogP contribution in [0.25, 0.3) is 0 Å². The fourth-order valence-electron chi connectivity index (χ4n) is 0.736. The second kappa shape index (κ2) is 5.85. The number of halogens is 3. The Morgan fingerprint density at radius 2 is 2.08 bits per heavy atom. The summed E-state index contributed by atoms with van der Waals surface area (Å²) in [5, 5.41) is 0. The average molecular weight is 184 g/mol. The molecule has 0 N–H and O–H groups in total. The molecule has 5 heteroatoms. The molecule has 2 atom stereocenters. The van der Waals surface area contributed by atoms with Crippen molar-refractivity contribution in [3.8, 4) is 0 Å². The molecule has 0 aromatic rings. The van der Waals surface area contributed by atoms with Crippen molar-refractivity contribution in [2.24, 2.45) is 0 Å². The Morgan fingerprint density at radius 1 is 1.50 bits per heavy atom. The summed E-state index contributed by atoms with van der Waals surface area (Å²) in [5.41, 5.74) is 0. The first-order chi connectivity index (χ1) is 5.63. The largest absolute Gasteiger partial charge is 0.385 e. The van der Waals surface area contributed by atoms with Crippen molar-refractivity contribution in [2.45, 2.75) is 38.5 Å². The number of alkyl halides is 2. The maximum atomic E-state index is 12.6. The number of rotatable bonds is 5. The number of hydrogen-bond donors (Lipinski definition) is 0. The molecule has 0 aromatic heterocycles. The van der Waals surface area contributed by atoms with E-state index in [2.05, 4.69) is 4.94 Å². The van der Waals surface area contributed by atoms with Crippen molar-refractivity contribution in [3.05, 3.63) is 0 Å². The molecule has 0 aliphatic carbocycles. The molecule has 0 heterocycles. The van der Waals surface area contributed by atoms with Crippen LogP contribution >= 0.6 is 0 Å². The van der Waals surface area contributed by atoms with Crippen LogP contribution in [0.15, 0.2) is 0 Å². The predicted octanol–water partition coefficient (Wildman–Crippen LogP) is 2.28. The topological polar surface area (TPSA) is 26.3 Å². The Hall–Kier alpha value is -0.740. The maximum Gasteiger partial charge on any atom is 0.385 e. The molecule has 12 heavy (non-hydrogen) atoms. The van der Waals surface area contributed by atoms with Crippen LogP contribution in [0, 0.1) is 0 Å². The van der Waals surface area contributed by atoms with Crippen LogP contribution < -0.4 is 0 Å². The quantitative estimate of drug-likeness (QED) is 0.655. The standard InChI is InChI=1S/C7H11F3O2/c1-2-3-4-5(8)6(9)7(11)12-10/h5-6H,2-4H2,1H3. The molecule has 0 saturated carbocycles. The molecule has 0 spiro atoms. The van der Waals surface area contributed by atoms with Crippen molar-refractivity contribution < 1.29 is 23.0 Å². The van der Waals surface area contributed by atoms with Gasteiger partial charge in [0, 0.05) is 4.53 Å². The fraction of sp³-hybridized carbons (Fsp3) is 0.857. The van der Waals surface area contributed by atoms with Gasteiger partial charge in [0.25, 0.3) is 0 Å². The van der Waals surface area contributed by atoms with E-state index in [9.17, 15) is 18.1 Å². The van der Waals surface area contributed by atoms with Crippen molar-refractivity contribution in [3.63, 3.8) is 0 Å². The van der Waals surface area contributed by atoms with E-state index in [1.54, 1.807) is 6.92 Å². The summed E-state index contributed by atoms with van der Waals surface area (Å²) in [4.78, 5) is 12.7. The molecule has 72 valence electrons. The van der Waals surface area contributed by atoms with Gasteiger partial charge >= 0.3 is 5.97 Å². The zero-order chi connectivity index (χ0) is 9.56. The highest BCUT2D eigenvalue weighted by molar-refractivity contribution is 5.74. The first-order valence-electron chi connectivity index (χ1n) is 3.74. The van der Waals surface area contributed by atoms with Crippen LogP contribution in [0.1, 0.15) is 26.2 Å². The van der Waals surface area contributed by atoms with Gasteiger partial charge in [-0.3, -0.25) is 4.94 Å². The molecule has 2 unspecified atom stereocenters. The van der Waals surface area contributed by atoms with E-state index < -0.39 is 18.3 Å². The third-order valence-corrected chi connectivity index (χ3v) is 1.45. The Bertz CT molecular complexity index is 141. The summed E-state index contributed by atoms with van der Waals surface area (Å²) in [6.45, 7) is 1.80. The minimum atomic E-state index is -2.50. The van der Waals surface area contributed by atoms with E-state index in [1.807, 2.05) is 0 Å². The van der Waals surface area contributed by atoms with Crippen molar-refractivity contribution in [1.29, 1.82) is 0 Å². The maximum absolute atomic E-state index is 12.6. The van der Waals surface area contributed by atoms with Crippen molar-refractivity contribution in [2.75, 3.05) is 0 Å². The first-order valence-corrected chi connectivity index (χ1v) is 3.74. The van der Waals surface area contributed by atoms with Gasteiger partial charge in [-0.2, -0.15) is 0 Å². The molecule has 2 nitrogen and oxygen atoms in total. The van der Waals surface area contributed by atoms with E-state index >= 15 is 0 Å². The van der Waals surface area contributed by atoms with Gasteiger partial charge in [0.1, 0.15) is 6.17 Å². The molecule has 0 amide bonds. The second-order valence-electron chi connectivity index (χ2n) is 2.46. The highest BCUT2D eigenvalue weighted by atomic mass is 19.3. The number of hydrogen-bond acceptors (Lipinski definition) is 2. The molecule has 0 aromatic carbocycles. The van der Waals surface area contributed by atoms with Gasteiger partial charge in [-0.1, -0.05) is 19.8 Å². The van der Waals surface area contributed by atoms with Crippen LogP contribution in [-0.2, 0) is 9.74 Å². The number of unbranched alkanes of at least 4 members (excludes halogenated alkanes) is 1. The highest BCUT2D eigenvalue weighted by Gasteiger charge is 2.29. The Balaban J connectivity index is 3.75. The van der Waals surface area contributed by atoms with Crippen molar-refractivity contribution >= 4 is 5.97 Å². The summed E-state index contributed by atoms with van der Waals surface area (Å²) < 4.78 is 36.1. The first kappa shape index (κ1) is 11.3. The number of carbonyl (C=O) groups excluding carboxylic acids is 1. The molecular formula is C7H11F3O2. The third kappa shape index (κ3) is 3.59. The van der Waals surface area contributed by atoms with Crippen LogP contribution in [0.5, 0.6) is 0 Å². The lowest BCUT2D eigenvalue weighted by Gasteiger charge is -2.08. The lowest BCUT2D eigenvalue weighted by atomic mass is 10.1.